The number of carbonyl (C=O) groups is 2. The summed E-state index contributed by atoms with van der Waals surface area (Å²) >= 11 is 0. The second kappa shape index (κ2) is 7.70. The van der Waals surface area contributed by atoms with Crippen LogP contribution in [0.1, 0.15) is 29.5 Å². The van der Waals surface area contributed by atoms with E-state index in [-0.39, 0.29) is 36.8 Å². The Labute approximate surface area is 162 Å². The molecule has 2 aliphatic rings. The van der Waals surface area contributed by atoms with Crippen LogP contribution < -0.4 is 10.2 Å². The van der Waals surface area contributed by atoms with Crippen molar-refractivity contribution in [3.05, 3.63) is 64.7 Å². The molecule has 6 heteroatoms. The minimum absolute atomic E-state index is 0.0370. The predicted octanol–water partition coefficient (Wildman–Crippen LogP) is 3.17. The Morgan fingerprint density at radius 1 is 1.11 bits per heavy atom. The Morgan fingerprint density at radius 2 is 1.86 bits per heavy atom. The first-order valence-corrected chi connectivity index (χ1v) is 9.65. The van der Waals surface area contributed by atoms with E-state index in [9.17, 15) is 18.4 Å². The van der Waals surface area contributed by atoms with Crippen LogP contribution in [-0.4, -0.2) is 24.9 Å². The molecular weight excluding hydrogens is 362 g/mol. The normalized spacial score (nSPS) is 18.4. The van der Waals surface area contributed by atoms with Crippen molar-refractivity contribution in [3.8, 4) is 0 Å². The number of rotatable bonds is 5. The van der Waals surface area contributed by atoms with E-state index in [4.69, 9.17) is 0 Å². The van der Waals surface area contributed by atoms with Gasteiger partial charge in [-0.05, 0) is 61.1 Å². The number of amides is 2. The number of nitrogens with one attached hydrogen (secondary N) is 1. The summed E-state index contributed by atoms with van der Waals surface area (Å²) in [5.74, 6) is -2.01. The molecule has 0 radical (unpaired) electrons. The molecule has 0 aromatic heterocycles. The Morgan fingerprint density at radius 3 is 2.64 bits per heavy atom. The number of nitrogens with zero attached hydrogens (tertiary/aromatic N) is 1. The van der Waals surface area contributed by atoms with Crippen LogP contribution in [0.15, 0.2) is 36.4 Å². The molecule has 4 nitrogen and oxygen atoms in total. The first kappa shape index (κ1) is 18.6. The average Bonchev–Trinajstić information content (AvgIpc) is 3.29. The maximum atomic E-state index is 13.7. The van der Waals surface area contributed by atoms with E-state index >= 15 is 0 Å². The predicted molar refractivity (Wildman–Crippen MR) is 102 cm³/mol. The van der Waals surface area contributed by atoms with Gasteiger partial charge in [0.15, 0.2) is 0 Å². The van der Waals surface area contributed by atoms with Crippen molar-refractivity contribution >= 4 is 17.5 Å². The van der Waals surface area contributed by atoms with Gasteiger partial charge in [0.05, 0.1) is 5.92 Å². The van der Waals surface area contributed by atoms with E-state index in [1.165, 1.54) is 29.3 Å². The summed E-state index contributed by atoms with van der Waals surface area (Å²) in [7, 11) is 0. The molecule has 1 aliphatic carbocycles. The van der Waals surface area contributed by atoms with Crippen LogP contribution in [0, 0.1) is 17.6 Å². The second-order valence-electron chi connectivity index (χ2n) is 7.45. The monoisotopic (exact) mass is 384 g/mol. The minimum Gasteiger partial charge on any atom is -0.355 e. The molecule has 4 rings (SSSR count). The Kier molecular flexibility index (Phi) is 5.11. The van der Waals surface area contributed by atoms with Crippen LogP contribution in [0.25, 0.3) is 0 Å². The van der Waals surface area contributed by atoms with Crippen molar-refractivity contribution in [2.75, 3.05) is 18.0 Å². The maximum Gasteiger partial charge on any atom is 0.227 e. The van der Waals surface area contributed by atoms with Crippen molar-refractivity contribution < 1.29 is 18.4 Å². The van der Waals surface area contributed by atoms with Crippen molar-refractivity contribution in [1.29, 1.82) is 0 Å². The minimum atomic E-state index is -0.618. The van der Waals surface area contributed by atoms with E-state index in [0.29, 0.717) is 6.54 Å². The molecule has 1 aliphatic heterocycles. The van der Waals surface area contributed by atoms with Crippen LogP contribution in [-0.2, 0) is 28.9 Å². The number of benzene rings is 2. The summed E-state index contributed by atoms with van der Waals surface area (Å²) in [5.41, 5.74) is 3.43. The van der Waals surface area contributed by atoms with Crippen molar-refractivity contribution in [2.45, 2.75) is 32.1 Å². The van der Waals surface area contributed by atoms with Crippen LogP contribution in [0.5, 0.6) is 0 Å². The van der Waals surface area contributed by atoms with E-state index < -0.39 is 17.6 Å². The highest BCUT2D eigenvalue weighted by molar-refractivity contribution is 6.00. The van der Waals surface area contributed by atoms with Gasteiger partial charge in [-0.15, -0.1) is 0 Å². The number of halogens is 2. The van der Waals surface area contributed by atoms with Gasteiger partial charge in [0, 0.05) is 30.8 Å². The van der Waals surface area contributed by atoms with Crippen molar-refractivity contribution in [1.82, 2.24) is 5.32 Å². The highest BCUT2D eigenvalue weighted by atomic mass is 19.1. The molecule has 2 aromatic carbocycles. The smallest absolute Gasteiger partial charge is 0.227 e. The molecule has 0 spiro atoms. The lowest BCUT2D eigenvalue weighted by atomic mass is 10.1. The van der Waals surface area contributed by atoms with E-state index in [1.807, 2.05) is 6.07 Å². The lowest BCUT2D eigenvalue weighted by Crippen LogP contribution is -2.34. The Bertz CT molecular complexity index is 908. The summed E-state index contributed by atoms with van der Waals surface area (Å²) in [6, 6.07) is 9.78. The fraction of sp³-hybridized carbons (Fsp3) is 0.364. The number of aryl methyl sites for hydroxylation is 2. The molecule has 146 valence electrons. The average molecular weight is 384 g/mol. The zero-order valence-electron chi connectivity index (χ0n) is 15.5. The van der Waals surface area contributed by atoms with Gasteiger partial charge in [-0.25, -0.2) is 8.78 Å². The summed E-state index contributed by atoms with van der Waals surface area (Å²) in [6.07, 6.45) is 3.47. The zero-order chi connectivity index (χ0) is 19.7. The number of carbonyl (C=O) groups excluding carboxylic acids is 2. The van der Waals surface area contributed by atoms with Crippen LogP contribution >= 0.6 is 0 Å². The number of anilines is 1. The van der Waals surface area contributed by atoms with Crippen molar-refractivity contribution in [3.63, 3.8) is 0 Å². The third kappa shape index (κ3) is 3.63. The largest absolute Gasteiger partial charge is 0.355 e. The molecule has 0 saturated carbocycles. The molecule has 1 fully saturated rings. The lowest BCUT2D eigenvalue weighted by molar-refractivity contribution is -0.126. The number of fused-ring (bicyclic) bond motifs is 1. The maximum absolute atomic E-state index is 13.7. The third-order valence-corrected chi connectivity index (χ3v) is 5.63. The standard InChI is InChI=1S/C22H22F2N2O2/c23-19-5-2-6-20(24)18(19)9-10-25-22(28)16-12-21(27)26(13-16)17-8-7-14-3-1-4-15(14)11-17/h2,5-8,11,16H,1,3-4,9-10,12-13H2,(H,25,28). The van der Waals surface area contributed by atoms with Gasteiger partial charge in [-0.2, -0.15) is 0 Å². The lowest BCUT2D eigenvalue weighted by Gasteiger charge is -2.18. The molecule has 1 saturated heterocycles. The van der Waals surface area contributed by atoms with Gasteiger partial charge < -0.3 is 10.2 Å². The topological polar surface area (TPSA) is 49.4 Å². The summed E-state index contributed by atoms with van der Waals surface area (Å²) in [4.78, 5) is 26.5. The third-order valence-electron chi connectivity index (χ3n) is 5.63. The molecule has 2 aromatic rings. The molecule has 28 heavy (non-hydrogen) atoms. The SMILES string of the molecule is O=C(NCCc1c(F)cccc1F)C1CC(=O)N(c2ccc3c(c2)CCC3)C1. The summed E-state index contributed by atoms with van der Waals surface area (Å²) in [5, 5.41) is 2.71. The van der Waals surface area contributed by atoms with E-state index in [2.05, 4.69) is 17.4 Å². The van der Waals surface area contributed by atoms with Gasteiger partial charge >= 0.3 is 0 Å². The van der Waals surface area contributed by atoms with Gasteiger partial charge in [-0.3, -0.25) is 9.59 Å². The Hall–Kier alpha value is -2.76. The van der Waals surface area contributed by atoms with Crippen LogP contribution in [0.4, 0.5) is 14.5 Å². The Balaban J connectivity index is 1.35. The first-order valence-electron chi connectivity index (χ1n) is 9.65. The summed E-state index contributed by atoms with van der Waals surface area (Å²) < 4.78 is 27.3. The molecule has 2 amide bonds. The van der Waals surface area contributed by atoms with E-state index in [0.717, 1.165) is 24.9 Å². The fourth-order valence-electron chi connectivity index (χ4n) is 4.09. The van der Waals surface area contributed by atoms with Crippen molar-refractivity contribution in [2.24, 2.45) is 5.92 Å². The molecule has 1 heterocycles. The van der Waals surface area contributed by atoms with E-state index in [1.54, 1.807) is 4.90 Å². The number of hydrogen-bond donors (Lipinski definition) is 1. The first-order chi connectivity index (χ1) is 13.5. The zero-order valence-corrected chi connectivity index (χ0v) is 15.5. The highest BCUT2D eigenvalue weighted by Crippen LogP contribution is 2.30. The van der Waals surface area contributed by atoms with Gasteiger partial charge in [0.1, 0.15) is 11.6 Å². The number of hydrogen-bond acceptors (Lipinski definition) is 2. The fourth-order valence-corrected chi connectivity index (χ4v) is 4.09. The molecule has 1 atom stereocenters. The molecule has 1 N–H and O–H groups in total. The van der Waals surface area contributed by atoms with Crippen LogP contribution in [0.2, 0.25) is 0 Å². The van der Waals surface area contributed by atoms with Gasteiger partial charge in [0.2, 0.25) is 11.8 Å². The summed E-state index contributed by atoms with van der Waals surface area (Å²) in [6.45, 7) is 0.456. The van der Waals surface area contributed by atoms with Crippen LogP contribution in [0.3, 0.4) is 0 Å². The van der Waals surface area contributed by atoms with Gasteiger partial charge in [-0.1, -0.05) is 12.1 Å². The van der Waals surface area contributed by atoms with Gasteiger partial charge in [0.25, 0.3) is 0 Å². The molecule has 0 bridgehead atoms. The molecule has 1 unspecified atom stereocenters. The molecular formula is C22H22F2N2O2. The second-order valence-corrected chi connectivity index (χ2v) is 7.45. The highest BCUT2D eigenvalue weighted by Gasteiger charge is 2.35. The quantitative estimate of drug-likeness (QED) is 0.861.